The first-order valence-corrected chi connectivity index (χ1v) is 18.6. The van der Waals surface area contributed by atoms with Gasteiger partial charge in [0.25, 0.3) is 22.7 Å². The fourth-order valence-corrected chi connectivity index (χ4v) is 7.49. The molecule has 4 N–H and O–H groups in total. The molecule has 4 aromatic carbocycles. The quantitative estimate of drug-likeness (QED) is 0.0964. The molecule has 312 valence electrons. The summed E-state index contributed by atoms with van der Waals surface area (Å²) < 4.78 is 0. The monoisotopic (exact) mass is 856 g/mol. The van der Waals surface area contributed by atoms with Gasteiger partial charge in [-0.2, -0.15) is 0 Å². The molecule has 4 aromatic rings. The van der Waals surface area contributed by atoms with Crippen molar-refractivity contribution in [2.45, 2.75) is 0 Å². The lowest BCUT2D eigenvalue weighted by Crippen LogP contribution is -2.08. The number of phenolic OH excluding ortho intramolecular Hbond substituents is 4. The molecule has 5 heterocycles. The highest BCUT2D eigenvalue weighted by Crippen LogP contribution is 2.51. The van der Waals surface area contributed by atoms with E-state index in [0.29, 0.717) is 17.1 Å². The van der Waals surface area contributed by atoms with Crippen LogP contribution < -0.4 is 0 Å². The van der Waals surface area contributed by atoms with Gasteiger partial charge in [0, 0.05) is 93.1 Å². The molecule has 0 aliphatic carbocycles. The zero-order chi connectivity index (χ0) is 45.1. The van der Waals surface area contributed by atoms with Crippen LogP contribution in [0.5, 0.6) is 23.0 Å². The maximum Gasteiger partial charge on any atom is 0.270 e. The van der Waals surface area contributed by atoms with Gasteiger partial charge in [-0.1, -0.05) is 0 Å². The van der Waals surface area contributed by atoms with E-state index in [1.165, 1.54) is 18.2 Å². The molecule has 5 aliphatic rings. The molecular weight excluding hydrogens is 833 g/mol. The van der Waals surface area contributed by atoms with E-state index in [1.54, 1.807) is 30.4 Å². The Morgan fingerprint density at radius 1 is 0.406 bits per heavy atom. The summed E-state index contributed by atoms with van der Waals surface area (Å²) in [6.07, 6.45) is 12.7. The highest BCUT2D eigenvalue weighted by atomic mass is 16.6. The minimum absolute atomic E-state index is 0.0552. The summed E-state index contributed by atoms with van der Waals surface area (Å²) in [6.45, 7) is 0. The Balaban J connectivity index is 1.52. The van der Waals surface area contributed by atoms with Crippen molar-refractivity contribution in [1.29, 1.82) is 0 Å². The van der Waals surface area contributed by atoms with E-state index in [2.05, 4.69) is 9.98 Å². The van der Waals surface area contributed by atoms with Crippen molar-refractivity contribution in [3.8, 4) is 23.0 Å². The molecule has 0 atom stereocenters. The lowest BCUT2D eigenvalue weighted by Gasteiger charge is -2.19. The minimum Gasteiger partial charge on any atom is -0.507 e. The zero-order valence-electron chi connectivity index (χ0n) is 32.2. The van der Waals surface area contributed by atoms with Crippen LogP contribution in [0.25, 0.3) is 22.3 Å². The normalized spacial score (nSPS) is 16.1. The summed E-state index contributed by atoms with van der Waals surface area (Å²) >= 11 is 0. The number of hydrogen-bond acceptors (Lipinski definition) is 16. The Kier molecular flexibility index (Phi) is 9.36. The number of aliphatic imine (C=N–C) groups is 4. The van der Waals surface area contributed by atoms with Crippen molar-refractivity contribution < 1.29 is 40.1 Å². The largest absolute Gasteiger partial charge is 0.507 e. The number of phenols is 4. The van der Waals surface area contributed by atoms with E-state index in [9.17, 15) is 60.9 Å². The van der Waals surface area contributed by atoms with Gasteiger partial charge in [0.05, 0.1) is 65.3 Å². The smallest absolute Gasteiger partial charge is 0.270 e. The summed E-state index contributed by atoms with van der Waals surface area (Å²) in [6, 6.07) is 12.2. The minimum atomic E-state index is -0.756. The number of fused-ring (bicyclic) bond motifs is 4. The maximum atomic E-state index is 12.4. The van der Waals surface area contributed by atoms with Crippen molar-refractivity contribution in [3.63, 3.8) is 0 Å². The summed E-state index contributed by atoms with van der Waals surface area (Å²) in [5.41, 5.74) is -3.11. The van der Waals surface area contributed by atoms with Crippen LogP contribution in [0.2, 0.25) is 0 Å². The standard InChI is InChI=1S/C44H24N8O12/c53-36-9-5-26(49(57)58)17-30(36)31-15-25-14-23-2-1-21(45-23)13-22-3-4-24(46-22)16-35-40(32-18-27(50(59)60)6-10-37(32)54)41(33-19-28(51(61)62)7-11-38(33)55)44(48-35)42(43(31)47-25)34-20-29(52(63)64)8-12-39(34)56/h1-20,53-56H. The molecule has 8 bridgehead atoms. The number of allylic oxidation sites excluding steroid dienone is 12. The van der Waals surface area contributed by atoms with E-state index in [1.807, 2.05) is 0 Å². The average Bonchev–Trinajstić information content (AvgIpc) is 4.06. The van der Waals surface area contributed by atoms with Crippen LogP contribution in [0.1, 0.15) is 22.3 Å². The van der Waals surface area contributed by atoms with Gasteiger partial charge in [-0.05, 0) is 72.9 Å². The van der Waals surface area contributed by atoms with Crippen molar-refractivity contribution in [1.82, 2.24) is 0 Å². The van der Waals surface area contributed by atoms with E-state index >= 15 is 0 Å². The number of nitro groups is 4. The maximum absolute atomic E-state index is 12.4. The fraction of sp³-hybridized carbons (Fsp3) is 0. The molecule has 0 spiro atoms. The van der Waals surface area contributed by atoms with Crippen molar-refractivity contribution >= 4 is 67.9 Å². The van der Waals surface area contributed by atoms with Gasteiger partial charge in [-0.3, -0.25) is 40.5 Å². The number of benzene rings is 4. The molecule has 0 unspecified atom stereocenters. The highest BCUT2D eigenvalue weighted by molar-refractivity contribution is 6.51. The second-order valence-electron chi connectivity index (χ2n) is 14.3. The number of rotatable bonds is 8. The van der Waals surface area contributed by atoms with Gasteiger partial charge >= 0.3 is 0 Å². The number of nitrogens with zero attached hydrogens (tertiary/aromatic N) is 8. The summed E-state index contributed by atoms with van der Waals surface area (Å²) in [5, 5.41) is 95.3. The summed E-state index contributed by atoms with van der Waals surface area (Å²) in [4.78, 5) is 65.2. The third-order valence-electron chi connectivity index (χ3n) is 10.3. The van der Waals surface area contributed by atoms with Crippen LogP contribution >= 0.6 is 0 Å². The van der Waals surface area contributed by atoms with Crippen LogP contribution in [0.15, 0.2) is 164 Å². The first-order valence-electron chi connectivity index (χ1n) is 18.6. The molecule has 64 heavy (non-hydrogen) atoms. The number of aromatic hydroxyl groups is 4. The Morgan fingerprint density at radius 2 is 0.812 bits per heavy atom. The van der Waals surface area contributed by atoms with E-state index in [4.69, 9.17) is 9.98 Å². The lowest BCUT2D eigenvalue weighted by molar-refractivity contribution is -0.385. The Morgan fingerprint density at radius 3 is 1.30 bits per heavy atom. The topological polar surface area (TPSA) is 303 Å². The molecular formula is C44H24N8O12. The predicted molar refractivity (Wildman–Crippen MR) is 233 cm³/mol. The first kappa shape index (κ1) is 39.7. The molecule has 0 aromatic heterocycles. The summed E-state index contributed by atoms with van der Waals surface area (Å²) in [7, 11) is 0. The molecule has 0 amide bonds. The fourth-order valence-electron chi connectivity index (χ4n) is 7.49. The van der Waals surface area contributed by atoms with Crippen LogP contribution in [-0.4, -0.2) is 63.0 Å². The molecule has 0 radical (unpaired) electrons. The molecule has 9 rings (SSSR count). The zero-order valence-corrected chi connectivity index (χ0v) is 32.2. The summed E-state index contributed by atoms with van der Waals surface area (Å²) in [5.74, 6) is -2.25. The number of nitro benzene ring substituents is 4. The lowest BCUT2D eigenvalue weighted by atomic mass is 9.84. The molecule has 20 nitrogen and oxygen atoms in total. The molecule has 0 saturated carbocycles. The predicted octanol–water partition coefficient (Wildman–Crippen LogP) is 8.14. The van der Waals surface area contributed by atoms with Crippen LogP contribution in [0, 0.1) is 40.5 Å². The molecule has 5 aliphatic heterocycles. The third kappa shape index (κ3) is 6.99. The van der Waals surface area contributed by atoms with Crippen molar-refractivity contribution in [2.24, 2.45) is 20.0 Å². The average molecular weight is 857 g/mol. The third-order valence-corrected chi connectivity index (χ3v) is 10.3. The Bertz CT molecular complexity index is 3320. The van der Waals surface area contributed by atoms with Gasteiger partial charge in [0.1, 0.15) is 23.0 Å². The molecule has 0 saturated heterocycles. The van der Waals surface area contributed by atoms with Crippen LogP contribution in [0.3, 0.4) is 0 Å². The van der Waals surface area contributed by atoms with Gasteiger partial charge in [0.15, 0.2) is 0 Å². The van der Waals surface area contributed by atoms with Crippen molar-refractivity contribution in [2.75, 3.05) is 0 Å². The highest BCUT2D eigenvalue weighted by Gasteiger charge is 2.37. The molecule has 20 heteroatoms. The van der Waals surface area contributed by atoms with Crippen LogP contribution in [-0.2, 0) is 0 Å². The Labute approximate surface area is 357 Å². The van der Waals surface area contributed by atoms with E-state index < -0.39 is 65.4 Å². The van der Waals surface area contributed by atoms with Gasteiger partial charge in [-0.15, -0.1) is 0 Å². The van der Waals surface area contributed by atoms with Gasteiger partial charge in [0.2, 0.25) is 0 Å². The van der Waals surface area contributed by atoms with E-state index in [0.717, 1.165) is 72.8 Å². The first-order chi connectivity index (χ1) is 30.6. The van der Waals surface area contributed by atoms with Crippen molar-refractivity contribution in [3.05, 3.63) is 207 Å². The van der Waals surface area contributed by atoms with Crippen LogP contribution in [0.4, 0.5) is 22.7 Å². The van der Waals surface area contributed by atoms with Gasteiger partial charge < -0.3 is 20.4 Å². The second kappa shape index (κ2) is 15.1. The SMILES string of the molecule is O=[N+]([O-])c1ccc(O)c(C2=CC3=CC4=NC(=CC5=NC(=CC6=NC(=C(c7cc([N+](=O)[O-])ccc7O)C2=N3)C(c2cc([N+](=O)[O-])ccc2O)=C6c2cc([N+](=O)[O-])ccc2O)C=C5)C=C4)c1. The Hall–Kier alpha value is -9.72. The van der Waals surface area contributed by atoms with E-state index in [-0.39, 0.29) is 73.1 Å². The second-order valence-corrected chi connectivity index (χ2v) is 14.3. The molecule has 0 fully saturated rings. The number of hydrogen-bond donors (Lipinski definition) is 4. The number of non-ortho nitro benzene ring substituents is 4. The van der Waals surface area contributed by atoms with Gasteiger partial charge in [-0.25, -0.2) is 20.0 Å².